The third-order valence-corrected chi connectivity index (χ3v) is 6.46. The number of fused-ring (bicyclic) bond motifs is 1. The van der Waals surface area contributed by atoms with Crippen LogP contribution in [-0.4, -0.2) is 34.3 Å². The third kappa shape index (κ3) is 5.08. The van der Waals surface area contributed by atoms with E-state index in [2.05, 4.69) is 23.6 Å². The molecule has 0 bridgehead atoms. The van der Waals surface area contributed by atoms with Gasteiger partial charge in [0.15, 0.2) is 0 Å². The standard InChI is InChI=1S/C27H31F3N2O2/c1-18-24(20-13-15-31(16-14-20)25(33)34-26(2,3)4)22-7-5-6-8-23(22)32(18)17-19-9-11-21(12-10-19)27(28,29)30/h5-12,20H,13-17H2,1-4H3. The number of hydrogen-bond donors (Lipinski definition) is 0. The van der Waals surface area contributed by atoms with Crippen molar-refractivity contribution in [3.63, 3.8) is 0 Å². The van der Waals surface area contributed by atoms with Crippen LogP contribution in [0, 0.1) is 6.92 Å². The van der Waals surface area contributed by atoms with Crippen molar-refractivity contribution < 1.29 is 22.7 Å². The molecule has 4 rings (SSSR count). The summed E-state index contributed by atoms with van der Waals surface area (Å²) in [6.45, 7) is 9.46. The van der Waals surface area contributed by atoms with E-state index in [0.29, 0.717) is 25.6 Å². The van der Waals surface area contributed by atoms with E-state index in [1.54, 1.807) is 17.0 Å². The third-order valence-electron chi connectivity index (χ3n) is 6.46. The molecule has 1 fully saturated rings. The molecule has 34 heavy (non-hydrogen) atoms. The monoisotopic (exact) mass is 472 g/mol. The first-order chi connectivity index (χ1) is 15.9. The zero-order valence-corrected chi connectivity index (χ0v) is 20.1. The molecule has 0 saturated carbocycles. The van der Waals surface area contributed by atoms with Gasteiger partial charge >= 0.3 is 12.3 Å². The lowest BCUT2D eigenvalue weighted by molar-refractivity contribution is -0.137. The number of aromatic nitrogens is 1. The average molecular weight is 473 g/mol. The summed E-state index contributed by atoms with van der Waals surface area (Å²) in [7, 11) is 0. The number of hydrogen-bond acceptors (Lipinski definition) is 2. The van der Waals surface area contributed by atoms with Crippen molar-refractivity contribution in [2.24, 2.45) is 0 Å². The molecular formula is C27H31F3N2O2. The number of piperidine rings is 1. The number of para-hydroxylation sites is 1. The molecule has 182 valence electrons. The number of nitrogens with zero attached hydrogens (tertiary/aromatic N) is 2. The summed E-state index contributed by atoms with van der Waals surface area (Å²) in [5.41, 5.74) is 3.13. The molecule has 2 heterocycles. The van der Waals surface area contributed by atoms with Crippen LogP contribution in [-0.2, 0) is 17.5 Å². The number of rotatable bonds is 3. The van der Waals surface area contributed by atoms with Crippen LogP contribution in [0.3, 0.4) is 0 Å². The largest absolute Gasteiger partial charge is 0.444 e. The fraction of sp³-hybridized carbons (Fsp3) is 0.444. The smallest absolute Gasteiger partial charge is 0.416 e. The molecule has 2 aromatic carbocycles. The summed E-state index contributed by atoms with van der Waals surface area (Å²) in [6, 6.07) is 13.6. The van der Waals surface area contributed by atoms with E-state index in [0.717, 1.165) is 41.7 Å². The minimum absolute atomic E-state index is 0.271. The first-order valence-electron chi connectivity index (χ1n) is 11.7. The van der Waals surface area contributed by atoms with Crippen molar-refractivity contribution in [3.8, 4) is 0 Å². The second-order valence-electron chi connectivity index (χ2n) is 10.0. The van der Waals surface area contributed by atoms with Gasteiger partial charge in [0.25, 0.3) is 0 Å². The van der Waals surface area contributed by atoms with Crippen LogP contribution >= 0.6 is 0 Å². The molecule has 1 amide bonds. The Morgan fingerprint density at radius 1 is 1.00 bits per heavy atom. The number of halogens is 3. The fourth-order valence-corrected chi connectivity index (χ4v) is 4.84. The summed E-state index contributed by atoms with van der Waals surface area (Å²) in [6.07, 6.45) is -2.93. The summed E-state index contributed by atoms with van der Waals surface area (Å²) >= 11 is 0. The van der Waals surface area contributed by atoms with Gasteiger partial charge in [0, 0.05) is 36.2 Å². The number of carbonyl (C=O) groups excluding carboxylic acids is 1. The van der Waals surface area contributed by atoms with Crippen LogP contribution in [0.15, 0.2) is 48.5 Å². The van der Waals surface area contributed by atoms with Crippen LogP contribution in [0.25, 0.3) is 10.9 Å². The van der Waals surface area contributed by atoms with Crippen molar-refractivity contribution in [3.05, 3.63) is 70.9 Å². The normalized spacial score (nSPS) is 15.7. The molecule has 7 heteroatoms. The van der Waals surface area contributed by atoms with Crippen LogP contribution in [0.2, 0.25) is 0 Å². The van der Waals surface area contributed by atoms with Gasteiger partial charge in [-0.2, -0.15) is 13.2 Å². The van der Waals surface area contributed by atoms with Crippen molar-refractivity contribution in [1.29, 1.82) is 0 Å². The molecule has 0 aliphatic carbocycles. The first-order valence-corrected chi connectivity index (χ1v) is 11.7. The van der Waals surface area contributed by atoms with Crippen LogP contribution in [0.4, 0.5) is 18.0 Å². The van der Waals surface area contributed by atoms with Gasteiger partial charge in [0.1, 0.15) is 5.60 Å². The van der Waals surface area contributed by atoms with E-state index in [9.17, 15) is 18.0 Å². The maximum Gasteiger partial charge on any atom is 0.416 e. The predicted octanol–water partition coefficient (Wildman–Crippen LogP) is 7.13. The Balaban J connectivity index is 1.57. The molecule has 1 aliphatic heterocycles. The van der Waals surface area contributed by atoms with Gasteiger partial charge in [-0.15, -0.1) is 0 Å². The maximum atomic E-state index is 12.9. The van der Waals surface area contributed by atoms with Gasteiger partial charge in [-0.3, -0.25) is 0 Å². The molecule has 0 radical (unpaired) electrons. The molecule has 4 nitrogen and oxygen atoms in total. The predicted molar refractivity (Wildman–Crippen MR) is 127 cm³/mol. The van der Waals surface area contributed by atoms with E-state index >= 15 is 0 Å². The molecule has 0 atom stereocenters. The zero-order chi connectivity index (χ0) is 24.7. The number of ether oxygens (including phenoxy) is 1. The molecule has 3 aromatic rings. The van der Waals surface area contributed by atoms with Crippen LogP contribution < -0.4 is 0 Å². The van der Waals surface area contributed by atoms with Crippen molar-refractivity contribution in [2.75, 3.05) is 13.1 Å². The zero-order valence-electron chi connectivity index (χ0n) is 20.1. The van der Waals surface area contributed by atoms with Crippen LogP contribution in [0.5, 0.6) is 0 Å². The lowest BCUT2D eigenvalue weighted by atomic mass is 9.87. The molecule has 1 aromatic heterocycles. The second kappa shape index (κ2) is 9.01. The maximum absolute atomic E-state index is 12.9. The highest BCUT2D eigenvalue weighted by molar-refractivity contribution is 5.86. The molecular weight excluding hydrogens is 441 g/mol. The van der Waals surface area contributed by atoms with Gasteiger partial charge in [0.2, 0.25) is 0 Å². The Morgan fingerprint density at radius 3 is 2.21 bits per heavy atom. The minimum Gasteiger partial charge on any atom is -0.444 e. The minimum atomic E-state index is -4.34. The fourth-order valence-electron chi connectivity index (χ4n) is 4.84. The number of likely N-dealkylation sites (tertiary alicyclic amines) is 1. The van der Waals surface area contributed by atoms with E-state index in [1.807, 2.05) is 32.9 Å². The van der Waals surface area contributed by atoms with Gasteiger partial charge in [-0.25, -0.2) is 4.79 Å². The van der Waals surface area contributed by atoms with Gasteiger partial charge < -0.3 is 14.2 Å². The number of benzene rings is 2. The highest BCUT2D eigenvalue weighted by Gasteiger charge is 2.31. The van der Waals surface area contributed by atoms with E-state index in [-0.39, 0.29) is 6.09 Å². The van der Waals surface area contributed by atoms with Crippen molar-refractivity contribution in [2.45, 2.75) is 64.8 Å². The second-order valence-corrected chi connectivity index (χ2v) is 10.0. The lowest BCUT2D eigenvalue weighted by Crippen LogP contribution is -2.41. The Morgan fingerprint density at radius 2 is 1.62 bits per heavy atom. The Labute approximate surface area is 198 Å². The van der Waals surface area contributed by atoms with Crippen molar-refractivity contribution >= 4 is 17.0 Å². The Bertz CT molecular complexity index is 1170. The summed E-state index contributed by atoms with van der Waals surface area (Å²) < 4.78 is 46.6. The topological polar surface area (TPSA) is 34.5 Å². The number of amides is 1. The van der Waals surface area contributed by atoms with E-state index in [4.69, 9.17) is 4.74 Å². The highest BCUT2D eigenvalue weighted by atomic mass is 19.4. The molecule has 0 unspecified atom stereocenters. The summed E-state index contributed by atoms with van der Waals surface area (Å²) in [4.78, 5) is 14.2. The lowest BCUT2D eigenvalue weighted by Gasteiger charge is -2.33. The first kappa shape index (κ1) is 24.2. The van der Waals surface area contributed by atoms with Gasteiger partial charge in [0.05, 0.1) is 5.56 Å². The number of carbonyl (C=O) groups is 1. The molecule has 0 N–H and O–H groups in total. The van der Waals surface area contributed by atoms with Gasteiger partial charge in [-0.1, -0.05) is 30.3 Å². The average Bonchev–Trinajstić information content (AvgIpc) is 3.04. The molecule has 1 saturated heterocycles. The summed E-state index contributed by atoms with van der Waals surface area (Å²) in [5, 5.41) is 1.17. The Kier molecular flexibility index (Phi) is 6.40. The molecule has 1 aliphatic rings. The van der Waals surface area contributed by atoms with E-state index in [1.165, 1.54) is 10.9 Å². The van der Waals surface area contributed by atoms with Crippen LogP contribution in [0.1, 0.15) is 61.9 Å². The highest BCUT2D eigenvalue weighted by Crippen LogP contribution is 2.38. The quantitative estimate of drug-likeness (QED) is 0.406. The Hall–Kier alpha value is -2.96. The van der Waals surface area contributed by atoms with Crippen molar-refractivity contribution in [1.82, 2.24) is 9.47 Å². The van der Waals surface area contributed by atoms with E-state index < -0.39 is 17.3 Å². The molecule has 0 spiro atoms. The summed E-state index contributed by atoms with van der Waals surface area (Å²) in [5.74, 6) is 0.303. The number of alkyl halides is 3. The van der Waals surface area contributed by atoms with Gasteiger partial charge in [-0.05, 0) is 75.8 Å². The SMILES string of the molecule is Cc1c(C2CCN(C(=O)OC(C)(C)C)CC2)c2ccccc2n1Cc1ccc(C(F)(F)F)cc1.